The van der Waals surface area contributed by atoms with Crippen LogP contribution in [0, 0.1) is 0 Å². The van der Waals surface area contributed by atoms with Crippen molar-refractivity contribution in [3.8, 4) is 0 Å². The number of carbonyl (C=O) groups is 1. The summed E-state index contributed by atoms with van der Waals surface area (Å²) >= 11 is 0. The molecule has 4 atom stereocenters. The first-order valence-corrected chi connectivity index (χ1v) is 6.54. The van der Waals surface area contributed by atoms with Crippen LogP contribution < -0.4 is 5.73 Å². The van der Waals surface area contributed by atoms with Gasteiger partial charge >= 0.3 is 0 Å². The predicted octanol–water partition coefficient (Wildman–Crippen LogP) is -2.31. The Bertz CT molecular complexity index is 261. The average Bonchev–Trinajstić information content (AvgIpc) is 2.44. The number of carbonyl (C=O) groups excluding carboxylic acids is 1. The smallest absolute Gasteiger partial charge is 0.153 e. The van der Waals surface area contributed by atoms with Gasteiger partial charge in [0, 0.05) is 13.0 Å². The predicted molar refractivity (Wildman–Crippen MR) is 70.5 cm³/mol. The summed E-state index contributed by atoms with van der Waals surface area (Å²) in [4.78, 5) is 13.8. The first kappa shape index (κ1) is 18.4. The molecule has 0 amide bonds. The molecule has 0 aliphatic rings. The lowest BCUT2D eigenvalue weighted by Gasteiger charge is -2.26. The van der Waals surface area contributed by atoms with Crippen molar-refractivity contribution in [2.45, 2.75) is 44.6 Å². The number of nitrogens with zero attached hydrogens (tertiary/aromatic N) is 1. The SMILES string of the molecule is CCN(CC)CCC(=O)[C@H](N)[C@@H](O)[C@H](O)[C@H](O)CO. The Morgan fingerprint density at radius 3 is 2.11 bits per heavy atom. The number of hydrogen-bond acceptors (Lipinski definition) is 7. The Kier molecular flexibility index (Phi) is 9.07. The normalized spacial score (nSPS) is 18.1. The molecule has 0 aromatic heterocycles. The van der Waals surface area contributed by atoms with Gasteiger partial charge in [-0.1, -0.05) is 13.8 Å². The van der Waals surface area contributed by atoms with Crippen molar-refractivity contribution in [3.63, 3.8) is 0 Å². The van der Waals surface area contributed by atoms with Crippen LogP contribution in [0.2, 0.25) is 0 Å². The second kappa shape index (κ2) is 9.35. The van der Waals surface area contributed by atoms with Crippen molar-refractivity contribution < 1.29 is 25.2 Å². The number of aliphatic hydroxyl groups is 4. The molecule has 0 saturated carbocycles. The molecule has 0 heterocycles. The summed E-state index contributed by atoms with van der Waals surface area (Å²) in [5, 5.41) is 37.0. The largest absolute Gasteiger partial charge is 0.394 e. The molecule has 7 heteroatoms. The van der Waals surface area contributed by atoms with E-state index in [9.17, 15) is 20.1 Å². The molecule has 114 valence electrons. The van der Waals surface area contributed by atoms with Crippen molar-refractivity contribution >= 4 is 5.78 Å². The molecule has 0 saturated heterocycles. The molecule has 0 rings (SSSR count). The minimum atomic E-state index is -1.64. The van der Waals surface area contributed by atoms with Gasteiger partial charge in [-0.3, -0.25) is 4.79 Å². The van der Waals surface area contributed by atoms with Crippen molar-refractivity contribution in [3.05, 3.63) is 0 Å². The van der Waals surface area contributed by atoms with E-state index in [1.54, 1.807) is 0 Å². The summed E-state index contributed by atoms with van der Waals surface area (Å²) in [5.41, 5.74) is 5.55. The van der Waals surface area contributed by atoms with Crippen LogP contribution in [0.4, 0.5) is 0 Å². The highest BCUT2D eigenvalue weighted by molar-refractivity contribution is 5.84. The van der Waals surface area contributed by atoms with Crippen LogP contribution in [-0.4, -0.2) is 81.7 Å². The van der Waals surface area contributed by atoms with Gasteiger partial charge < -0.3 is 31.1 Å². The molecule has 0 spiro atoms. The fraction of sp³-hybridized carbons (Fsp3) is 0.917. The minimum absolute atomic E-state index is 0.168. The summed E-state index contributed by atoms with van der Waals surface area (Å²) in [6.45, 7) is 5.40. The van der Waals surface area contributed by atoms with Crippen LogP contribution >= 0.6 is 0 Å². The van der Waals surface area contributed by atoms with Crippen molar-refractivity contribution in [2.24, 2.45) is 5.73 Å². The zero-order valence-corrected chi connectivity index (χ0v) is 11.6. The molecule has 7 nitrogen and oxygen atoms in total. The average molecular weight is 278 g/mol. The summed E-state index contributed by atoms with van der Waals surface area (Å²) in [5.74, 6) is -0.386. The molecule has 0 aromatic carbocycles. The van der Waals surface area contributed by atoms with Gasteiger partial charge in [-0.05, 0) is 13.1 Å². The highest BCUT2D eigenvalue weighted by Gasteiger charge is 2.32. The van der Waals surface area contributed by atoms with Gasteiger partial charge in [-0.15, -0.1) is 0 Å². The van der Waals surface area contributed by atoms with Gasteiger partial charge in [0.1, 0.15) is 18.3 Å². The summed E-state index contributed by atoms with van der Waals surface area (Å²) in [7, 11) is 0. The van der Waals surface area contributed by atoms with E-state index in [1.165, 1.54) is 0 Å². The van der Waals surface area contributed by atoms with E-state index in [0.717, 1.165) is 13.1 Å². The van der Waals surface area contributed by atoms with E-state index < -0.39 is 31.0 Å². The quantitative estimate of drug-likeness (QED) is 0.304. The Morgan fingerprint density at radius 1 is 1.16 bits per heavy atom. The second-order valence-electron chi connectivity index (χ2n) is 4.50. The molecule has 0 fully saturated rings. The fourth-order valence-electron chi connectivity index (χ4n) is 1.71. The third kappa shape index (κ3) is 5.94. The number of aliphatic hydroxyl groups excluding tert-OH is 4. The summed E-state index contributed by atoms with van der Waals surface area (Å²) in [6.07, 6.45) is -4.58. The van der Waals surface area contributed by atoms with Crippen LogP contribution in [-0.2, 0) is 4.79 Å². The maximum absolute atomic E-state index is 11.8. The van der Waals surface area contributed by atoms with E-state index in [1.807, 2.05) is 18.7 Å². The maximum atomic E-state index is 11.8. The van der Waals surface area contributed by atoms with Gasteiger partial charge in [0.25, 0.3) is 0 Å². The zero-order chi connectivity index (χ0) is 15.0. The second-order valence-corrected chi connectivity index (χ2v) is 4.50. The molecule has 0 aliphatic heterocycles. The molecule has 19 heavy (non-hydrogen) atoms. The Balaban J connectivity index is 4.31. The van der Waals surface area contributed by atoms with E-state index in [4.69, 9.17) is 10.8 Å². The van der Waals surface area contributed by atoms with Gasteiger partial charge in [-0.2, -0.15) is 0 Å². The van der Waals surface area contributed by atoms with E-state index in [-0.39, 0.29) is 12.2 Å². The number of hydrogen-bond donors (Lipinski definition) is 5. The van der Waals surface area contributed by atoms with Gasteiger partial charge in [0.2, 0.25) is 0 Å². The zero-order valence-electron chi connectivity index (χ0n) is 11.6. The van der Waals surface area contributed by atoms with Crippen LogP contribution in [0.3, 0.4) is 0 Å². The van der Waals surface area contributed by atoms with Crippen LogP contribution in [0.25, 0.3) is 0 Å². The van der Waals surface area contributed by atoms with Crippen LogP contribution in [0.15, 0.2) is 0 Å². The Hall–Kier alpha value is -0.570. The number of ketones is 1. The van der Waals surface area contributed by atoms with E-state index >= 15 is 0 Å². The first-order chi connectivity index (χ1) is 8.88. The molecule has 6 N–H and O–H groups in total. The van der Waals surface area contributed by atoms with Crippen molar-refractivity contribution in [2.75, 3.05) is 26.2 Å². The fourth-order valence-corrected chi connectivity index (χ4v) is 1.71. The standard InChI is InChI=1S/C12H26N2O5/c1-3-14(4-2)6-5-8(16)10(13)12(19)11(18)9(17)7-15/h9-12,15,17-19H,3-7,13H2,1-2H3/t9-,10+,11-,12-/m1/s1. The molecular weight excluding hydrogens is 252 g/mol. The lowest BCUT2D eigenvalue weighted by atomic mass is 9.97. The van der Waals surface area contributed by atoms with E-state index in [0.29, 0.717) is 6.54 Å². The Labute approximate surface area is 113 Å². The topological polar surface area (TPSA) is 127 Å². The molecule has 0 aliphatic carbocycles. The maximum Gasteiger partial charge on any atom is 0.153 e. The lowest BCUT2D eigenvalue weighted by molar-refractivity contribution is -0.129. The minimum Gasteiger partial charge on any atom is -0.394 e. The monoisotopic (exact) mass is 278 g/mol. The number of Topliss-reactive ketones (excluding diaryl/α,β-unsaturated/α-hetero) is 1. The van der Waals surface area contributed by atoms with Crippen LogP contribution in [0.1, 0.15) is 20.3 Å². The molecule has 0 bridgehead atoms. The van der Waals surface area contributed by atoms with Crippen molar-refractivity contribution in [1.29, 1.82) is 0 Å². The van der Waals surface area contributed by atoms with Gasteiger partial charge in [0.05, 0.1) is 12.6 Å². The lowest BCUT2D eigenvalue weighted by Crippen LogP contribution is -2.53. The molecule has 0 radical (unpaired) electrons. The third-order valence-electron chi connectivity index (χ3n) is 3.24. The third-order valence-corrected chi connectivity index (χ3v) is 3.24. The first-order valence-electron chi connectivity index (χ1n) is 6.54. The molecular formula is C12H26N2O5. The van der Waals surface area contributed by atoms with Crippen LogP contribution in [0.5, 0.6) is 0 Å². The summed E-state index contributed by atoms with van der Waals surface area (Å²) in [6, 6.07) is -1.27. The van der Waals surface area contributed by atoms with E-state index in [2.05, 4.69) is 0 Å². The number of nitrogens with two attached hydrogens (primary N) is 1. The van der Waals surface area contributed by atoms with Gasteiger partial charge in [-0.25, -0.2) is 0 Å². The Morgan fingerprint density at radius 2 is 1.68 bits per heavy atom. The highest BCUT2D eigenvalue weighted by atomic mass is 16.4. The van der Waals surface area contributed by atoms with Gasteiger partial charge in [0.15, 0.2) is 5.78 Å². The molecule has 0 unspecified atom stereocenters. The van der Waals surface area contributed by atoms with Crippen molar-refractivity contribution in [1.82, 2.24) is 4.90 Å². The molecule has 0 aromatic rings. The number of rotatable bonds is 10. The highest BCUT2D eigenvalue weighted by Crippen LogP contribution is 2.06. The summed E-state index contributed by atoms with van der Waals surface area (Å²) < 4.78 is 0.